The maximum Gasteiger partial charge on any atom is 0.213 e. The first-order valence-corrected chi connectivity index (χ1v) is 16.6. The normalized spacial score (nSPS) is 13.8. The quantitative estimate of drug-likeness (QED) is 0.194. The van der Waals surface area contributed by atoms with Crippen molar-refractivity contribution >= 4 is 60.4 Å². The Labute approximate surface area is 276 Å². The van der Waals surface area contributed by atoms with Crippen LogP contribution >= 0.6 is 0 Å². The van der Waals surface area contributed by atoms with Crippen molar-refractivity contribution in [1.29, 1.82) is 0 Å². The van der Waals surface area contributed by atoms with Crippen LogP contribution in [0.2, 0.25) is 0 Å². The molecule has 4 aromatic heterocycles. The third-order valence-corrected chi connectivity index (χ3v) is 10.7. The molecule has 0 amide bonds. The number of para-hydroxylation sites is 4. The standard InChI is InChI=1S/C44H29N3O/c1-44(2)32-17-6-4-15-29(32)30-22-23-36-40(41(30)44)39-31-16-5-10-21-38(31)48-43(39)46(36)28-14-11-13-27(24-28)42-37-25-26-12-3-8-19-34(26)47(37)35-20-9-7-18-33(35)45-42/h3-25H,1-2H3. The second kappa shape index (κ2) is 9.02. The van der Waals surface area contributed by atoms with E-state index in [0.717, 1.165) is 55.7 Å². The molecule has 1 aliphatic carbocycles. The molecule has 0 bridgehead atoms. The van der Waals surface area contributed by atoms with Crippen molar-refractivity contribution in [2.75, 3.05) is 0 Å². The Kier molecular flexibility index (Phi) is 4.88. The van der Waals surface area contributed by atoms with E-state index in [9.17, 15) is 0 Å². The summed E-state index contributed by atoms with van der Waals surface area (Å²) < 4.78 is 11.5. The van der Waals surface area contributed by atoms with E-state index >= 15 is 0 Å². The molecular weight excluding hydrogens is 587 g/mol. The zero-order chi connectivity index (χ0) is 31.7. The number of nitrogens with zero attached hydrogens (tertiary/aromatic N) is 3. The molecule has 0 saturated carbocycles. The van der Waals surface area contributed by atoms with Crippen molar-refractivity contribution in [3.63, 3.8) is 0 Å². The zero-order valence-electron chi connectivity index (χ0n) is 26.5. The summed E-state index contributed by atoms with van der Waals surface area (Å²) in [4.78, 5) is 5.29. The van der Waals surface area contributed by atoms with Crippen LogP contribution in [0, 0.1) is 0 Å². The molecule has 1 aliphatic rings. The van der Waals surface area contributed by atoms with Gasteiger partial charge in [0.05, 0.1) is 38.7 Å². The summed E-state index contributed by atoms with van der Waals surface area (Å²) in [6.07, 6.45) is 0. The van der Waals surface area contributed by atoms with Gasteiger partial charge in [0.2, 0.25) is 5.71 Å². The summed E-state index contributed by atoms with van der Waals surface area (Å²) in [6.45, 7) is 4.72. The fraction of sp³-hybridized carbons (Fsp3) is 0.0682. The molecule has 0 spiro atoms. The number of hydrogen-bond donors (Lipinski definition) is 0. The Bertz CT molecular complexity index is 2990. The summed E-state index contributed by atoms with van der Waals surface area (Å²) >= 11 is 0. The molecule has 0 fully saturated rings. The lowest BCUT2D eigenvalue weighted by Crippen LogP contribution is -2.15. The van der Waals surface area contributed by atoms with E-state index in [1.807, 2.05) is 0 Å². The molecule has 4 nitrogen and oxygen atoms in total. The van der Waals surface area contributed by atoms with Gasteiger partial charge in [0.15, 0.2) is 0 Å². The van der Waals surface area contributed by atoms with Gasteiger partial charge in [0.1, 0.15) is 5.58 Å². The molecule has 0 radical (unpaired) electrons. The Balaban J connectivity index is 1.23. The van der Waals surface area contributed by atoms with Gasteiger partial charge in [-0.25, -0.2) is 4.98 Å². The van der Waals surface area contributed by atoms with Crippen LogP contribution in [0.4, 0.5) is 0 Å². The minimum atomic E-state index is -0.164. The first-order chi connectivity index (χ1) is 23.6. The van der Waals surface area contributed by atoms with Crippen molar-refractivity contribution in [3.05, 3.63) is 151 Å². The topological polar surface area (TPSA) is 35.4 Å². The second-order valence-corrected chi connectivity index (χ2v) is 13.6. The lowest BCUT2D eigenvalue weighted by molar-refractivity contribution is 0.645. The van der Waals surface area contributed by atoms with Gasteiger partial charge in [-0.2, -0.15) is 0 Å². The minimum Gasteiger partial charge on any atom is -0.439 e. The van der Waals surface area contributed by atoms with E-state index < -0.39 is 0 Å². The molecule has 6 aromatic carbocycles. The molecule has 48 heavy (non-hydrogen) atoms. The molecule has 0 N–H and O–H groups in total. The van der Waals surface area contributed by atoms with Gasteiger partial charge < -0.3 is 8.82 Å². The summed E-state index contributed by atoms with van der Waals surface area (Å²) in [5.74, 6) is 0. The van der Waals surface area contributed by atoms with Gasteiger partial charge in [0.25, 0.3) is 0 Å². The third-order valence-electron chi connectivity index (χ3n) is 10.7. The van der Waals surface area contributed by atoms with E-state index in [2.05, 4.69) is 162 Å². The van der Waals surface area contributed by atoms with Crippen LogP contribution in [-0.2, 0) is 5.41 Å². The van der Waals surface area contributed by atoms with E-state index in [1.54, 1.807) is 0 Å². The van der Waals surface area contributed by atoms with Crippen molar-refractivity contribution in [2.24, 2.45) is 0 Å². The van der Waals surface area contributed by atoms with Gasteiger partial charge in [-0.15, -0.1) is 0 Å². The molecular formula is C44H29N3O. The van der Waals surface area contributed by atoms with E-state index in [1.165, 1.54) is 43.9 Å². The predicted molar refractivity (Wildman–Crippen MR) is 197 cm³/mol. The van der Waals surface area contributed by atoms with Gasteiger partial charge >= 0.3 is 0 Å². The second-order valence-electron chi connectivity index (χ2n) is 13.6. The Hall–Kier alpha value is -6.13. The lowest BCUT2D eigenvalue weighted by atomic mass is 9.80. The van der Waals surface area contributed by atoms with Gasteiger partial charge in [-0.05, 0) is 70.8 Å². The zero-order valence-corrected chi connectivity index (χ0v) is 26.5. The number of rotatable bonds is 2. The van der Waals surface area contributed by atoms with Crippen molar-refractivity contribution in [1.82, 2.24) is 14.0 Å². The highest BCUT2D eigenvalue weighted by Crippen LogP contribution is 2.54. The molecule has 4 heterocycles. The summed E-state index contributed by atoms with van der Waals surface area (Å²) in [6, 6.07) is 50.0. The van der Waals surface area contributed by atoms with Gasteiger partial charge in [0, 0.05) is 32.8 Å². The minimum absolute atomic E-state index is 0.164. The average molecular weight is 616 g/mol. The maximum absolute atomic E-state index is 6.78. The molecule has 10 aromatic rings. The average Bonchev–Trinajstić information content (AvgIpc) is 3.84. The van der Waals surface area contributed by atoms with E-state index in [0.29, 0.717) is 0 Å². The molecule has 226 valence electrons. The van der Waals surface area contributed by atoms with Crippen LogP contribution in [0.25, 0.3) is 88.5 Å². The van der Waals surface area contributed by atoms with Crippen molar-refractivity contribution < 1.29 is 4.42 Å². The molecule has 0 aliphatic heterocycles. The number of hydrogen-bond acceptors (Lipinski definition) is 2. The van der Waals surface area contributed by atoms with E-state index in [-0.39, 0.29) is 5.41 Å². The van der Waals surface area contributed by atoms with Crippen LogP contribution in [-0.4, -0.2) is 14.0 Å². The number of aromatic nitrogens is 3. The predicted octanol–water partition coefficient (Wildman–Crippen LogP) is 11.5. The summed E-state index contributed by atoms with van der Waals surface area (Å²) in [5, 5.41) is 4.78. The van der Waals surface area contributed by atoms with E-state index in [4.69, 9.17) is 9.40 Å². The van der Waals surface area contributed by atoms with Crippen LogP contribution in [0.3, 0.4) is 0 Å². The van der Waals surface area contributed by atoms with Crippen LogP contribution in [0.15, 0.2) is 144 Å². The molecule has 0 atom stereocenters. The fourth-order valence-corrected chi connectivity index (χ4v) is 8.62. The molecule has 0 unspecified atom stereocenters. The first kappa shape index (κ1) is 26.0. The van der Waals surface area contributed by atoms with Gasteiger partial charge in [-0.1, -0.05) is 105 Å². The van der Waals surface area contributed by atoms with Crippen molar-refractivity contribution in [3.8, 4) is 28.1 Å². The van der Waals surface area contributed by atoms with Crippen LogP contribution < -0.4 is 0 Å². The Morgan fingerprint density at radius 3 is 2.33 bits per heavy atom. The van der Waals surface area contributed by atoms with Gasteiger partial charge in [-0.3, -0.25) is 4.57 Å². The molecule has 0 saturated heterocycles. The number of furan rings is 1. The number of benzene rings is 6. The Morgan fingerprint density at radius 1 is 0.604 bits per heavy atom. The van der Waals surface area contributed by atoms with Crippen LogP contribution in [0.5, 0.6) is 0 Å². The highest BCUT2D eigenvalue weighted by molar-refractivity contribution is 6.22. The van der Waals surface area contributed by atoms with Crippen molar-refractivity contribution in [2.45, 2.75) is 19.3 Å². The summed E-state index contributed by atoms with van der Waals surface area (Å²) in [7, 11) is 0. The SMILES string of the molecule is CC1(C)c2ccccc2-c2ccc3c(c21)c1c2ccccc2oc1n3-c1cccc(-c2nc3ccccc3n3c2cc2ccccc23)c1. The Morgan fingerprint density at radius 2 is 1.40 bits per heavy atom. The maximum atomic E-state index is 6.78. The molecule has 4 heteroatoms. The molecule has 11 rings (SSSR count). The lowest BCUT2D eigenvalue weighted by Gasteiger charge is -2.22. The largest absolute Gasteiger partial charge is 0.439 e. The highest BCUT2D eigenvalue weighted by atomic mass is 16.3. The first-order valence-electron chi connectivity index (χ1n) is 16.6. The monoisotopic (exact) mass is 615 g/mol. The third kappa shape index (κ3) is 3.22. The van der Waals surface area contributed by atoms with Crippen LogP contribution in [0.1, 0.15) is 25.0 Å². The highest BCUT2D eigenvalue weighted by Gasteiger charge is 2.38. The number of fused-ring (bicyclic) bond motifs is 14. The summed E-state index contributed by atoms with van der Waals surface area (Å²) in [5.41, 5.74) is 15.5. The smallest absolute Gasteiger partial charge is 0.213 e. The fourth-order valence-electron chi connectivity index (χ4n) is 8.62.